The number of oxime groups is 1. The molecule has 0 aromatic heterocycles. The van der Waals surface area contributed by atoms with Gasteiger partial charge >= 0.3 is 0 Å². The number of para-hydroxylation sites is 1. The lowest BCUT2D eigenvalue weighted by molar-refractivity contribution is -0.120. The number of benzene rings is 1. The summed E-state index contributed by atoms with van der Waals surface area (Å²) in [4.78, 5) is 14.3. The van der Waals surface area contributed by atoms with Crippen molar-refractivity contribution in [2.45, 2.75) is 38.1 Å². The Morgan fingerprint density at radius 3 is 2.86 bits per heavy atom. The van der Waals surface area contributed by atoms with Crippen LogP contribution in [0.25, 0.3) is 0 Å². The predicted molar refractivity (Wildman–Crippen MR) is 82.0 cm³/mol. The number of anilines is 1. The first kappa shape index (κ1) is 13.9. The van der Waals surface area contributed by atoms with Crippen LogP contribution in [0, 0.1) is 0 Å². The van der Waals surface area contributed by atoms with Crippen LogP contribution in [0.2, 0.25) is 0 Å². The highest BCUT2D eigenvalue weighted by Crippen LogP contribution is 2.27. The van der Waals surface area contributed by atoms with Crippen molar-refractivity contribution in [2.75, 3.05) is 18.0 Å². The van der Waals surface area contributed by atoms with E-state index in [1.54, 1.807) is 0 Å². The Morgan fingerprint density at radius 1 is 1.33 bits per heavy atom. The van der Waals surface area contributed by atoms with E-state index < -0.39 is 0 Å². The van der Waals surface area contributed by atoms with Crippen molar-refractivity contribution in [3.05, 3.63) is 29.8 Å². The van der Waals surface area contributed by atoms with Gasteiger partial charge in [-0.1, -0.05) is 36.2 Å². The van der Waals surface area contributed by atoms with Crippen LogP contribution in [0.5, 0.6) is 0 Å². The van der Waals surface area contributed by atoms with Gasteiger partial charge in [0.2, 0.25) is 5.91 Å². The van der Waals surface area contributed by atoms with Gasteiger partial charge in [-0.15, -0.1) is 0 Å². The summed E-state index contributed by atoms with van der Waals surface area (Å²) < 4.78 is 0. The van der Waals surface area contributed by atoms with Gasteiger partial charge in [-0.05, 0) is 18.9 Å². The van der Waals surface area contributed by atoms with Gasteiger partial charge in [0.1, 0.15) is 0 Å². The normalized spacial score (nSPS) is 20.6. The highest BCUT2D eigenvalue weighted by molar-refractivity contribution is 6.07. The van der Waals surface area contributed by atoms with Crippen LogP contribution >= 0.6 is 0 Å². The van der Waals surface area contributed by atoms with Crippen LogP contribution in [0.1, 0.15) is 37.7 Å². The Hall–Kier alpha value is -2.04. The second-order valence-electron chi connectivity index (χ2n) is 5.78. The Bertz CT molecular complexity index is 550. The fraction of sp³-hybridized carbons (Fsp3) is 0.500. The van der Waals surface area contributed by atoms with Crippen molar-refractivity contribution < 1.29 is 10.0 Å². The topological polar surface area (TPSA) is 64.9 Å². The van der Waals surface area contributed by atoms with Crippen LogP contribution < -0.4 is 10.2 Å². The molecule has 3 rings (SSSR count). The van der Waals surface area contributed by atoms with Crippen LogP contribution in [-0.2, 0) is 4.79 Å². The predicted octanol–water partition coefficient (Wildman–Crippen LogP) is 2.13. The Kier molecular flexibility index (Phi) is 4.08. The zero-order chi connectivity index (χ0) is 14.7. The molecule has 21 heavy (non-hydrogen) atoms. The zero-order valence-corrected chi connectivity index (χ0v) is 12.1. The van der Waals surface area contributed by atoms with E-state index in [2.05, 4.69) is 15.4 Å². The third-order valence-electron chi connectivity index (χ3n) is 4.35. The molecule has 1 heterocycles. The number of amides is 1. The number of fused-ring (bicyclic) bond motifs is 1. The van der Waals surface area contributed by atoms with Gasteiger partial charge in [0.15, 0.2) is 0 Å². The maximum atomic E-state index is 12.2. The average Bonchev–Trinajstić information content (AvgIpc) is 3.00. The van der Waals surface area contributed by atoms with Crippen molar-refractivity contribution in [3.8, 4) is 0 Å². The third kappa shape index (κ3) is 3.01. The molecule has 1 saturated carbocycles. The van der Waals surface area contributed by atoms with E-state index in [0.29, 0.717) is 31.3 Å². The average molecular weight is 287 g/mol. The van der Waals surface area contributed by atoms with Crippen molar-refractivity contribution in [2.24, 2.45) is 5.16 Å². The molecule has 0 unspecified atom stereocenters. The first-order valence-corrected chi connectivity index (χ1v) is 7.62. The van der Waals surface area contributed by atoms with Gasteiger partial charge in [-0.2, -0.15) is 0 Å². The molecule has 0 bridgehead atoms. The summed E-state index contributed by atoms with van der Waals surface area (Å²) >= 11 is 0. The minimum Gasteiger partial charge on any atom is -0.411 e. The molecule has 1 aliphatic carbocycles. The summed E-state index contributed by atoms with van der Waals surface area (Å²) in [7, 11) is 0. The van der Waals surface area contributed by atoms with E-state index >= 15 is 0 Å². The quantitative estimate of drug-likeness (QED) is 0.661. The van der Waals surface area contributed by atoms with E-state index in [1.807, 2.05) is 24.3 Å². The monoisotopic (exact) mass is 287 g/mol. The van der Waals surface area contributed by atoms with Crippen LogP contribution in [-0.4, -0.2) is 36.0 Å². The fourth-order valence-electron chi connectivity index (χ4n) is 3.27. The van der Waals surface area contributed by atoms with E-state index in [-0.39, 0.29) is 5.91 Å². The third-order valence-corrected chi connectivity index (χ3v) is 4.35. The molecule has 2 aliphatic rings. The number of hydrogen-bond donors (Lipinski definition) is 2. The fourth-order valence-corrected chi connectivity index (χ4v) is 3.27. The summed E-state index contributed by atoms with van der Waals surface area (Å²) in [6.45, 7) is 1.07. The smallest absolute Gasteiger partial charge is 0.239 e. The summed E-state index contributed by atoms with van der Waals surface area (Å²) in [5.41, 5.74) is 2.58. The molecule has 112 valence electrons. The Morgan fingerprint density at radius 2 is 2.10 bits per heavy atom. The lowest BCUT2D eigenvalue weighted by Gasteiger charge is -2.31. The van der Waals surface area contributed by atoms with Gasteiger partial charge in [0.25, 0.3) is 0 Å². The van der Waals surface area contributed by atoms with Crippen molar-refractivity contribution >= 4 is 17.3 Å². The minimum atomic E-state index is 0.0843. The summed E-state index contributed by atoms with van der Waals surface area (Å²) in [6.07, 6.45) is 5.29. The molecule has 5 heteroatoms. The summed E-state index contributed by atoms with van der Waals surface area (Å²) in [6, 6.07) is 8.13. The number of rotatable bonds is 3. The molecule has 0 radical (unpaired) electrons. The number of carbonyl (C=O) groups is 1. The summed E-state index contributed by atoms with van der Waals surface area (Å²) in [5.74, 6) is 0.0843. The summed E-state index contributed by atoms with van der Waals surface area (Å²) in [5, 5.41) is 15.6. The van der Waals surface area contributed by atoms with Crippen molar-refractivity contribution in [3.63, 3.8) is 0 Å². The van der Waals surface area contributed by atoms with E-state index in [4.69, 9.17) is 5.21 Å². The lowest BCUT2D eigenvalue weighted by atomic mass is 9.99. The van der Waals surface area contributed by atoms with Gasteiger partial charge in [-0.25, -0.2) is 0 Å². The highest BCUT2D eigenvalue weighted by Gasteiger charge is 2.24. The SMILES string of the molecule is O=C(CN1CCC(=NO)c2ccccc21)NC1CCCC1. The van der Waals surface area contributed by atoms with Crippen molar-refractivity contribution in [1.29, 1.82) is 0 Å². The molecule has 5 nitrogen and oxygen atoms in total. The maximum Gasteiger partial charge on any atom is 0.239 e. The molecule has 2 N–H and O–H groups in total. The minimum absolute atomic E-state index is 0.0843. The molecule has 0 saturated heterocycles. The first-order valence-electron chi connectivity index (χ1n) is 7.62. The maximum absolute atomic E-state index is 12.2. The molecule has 1 aromatic rings. The molecule has 1 amide bonds. The molecule has 0 atom stereocenters. The molecular formula is C16H21N3O2. The first-order chi connectivity index (χ1) is 10.3. The second kappa shape index (κ2) is 6.16. The lowest BCUT2D eigenvalue weighted by Crippen LogP contribution is -2.43. The molecular weight excluding hydrogens is 266 g/mol. The van der Waals surface area contributed by atoms with E-state index in [9.17, 15) is 4.79 Å². The van der Waals surface area contributed by atoms with Crippen LogP contribution in [0.15, 0.2) is 29.4 Å². The van der Waals surface area contributed by atoms with Crippen LogP contribution in [0.4, 0.5) is 5.69 Å². The number of hydrogen-bond acceptors (Lipinski definition) is 4. The largest absolute Gasteiger partial charge is 0.411 e. The van der Waals surface area contributed by atoms with Gasteiger partial charge in [-0.3, -0.25) is 4.79 Å². The Balaban J connectivity index is 1.70. The van der Waals surface area contributed by atoms with Gasteiger partial charge in [0.05, 0.1) is 12.3 Å². The second-order valence-corrected chi connectivity index (χ2v) is 5.78. The molecule has 1 aliphatic heterocycles. The van der Waals surface area contributed by atoms with Crippen LogP contribution in [0.3, 0.4) is 0 Å². The Labute approximate surface area is 124 Å². The number of nitrogens with zero attached hydrogens (tertiary/aromatic N) is 2. The standard InChI is InChI=1S/C16H21N3O2/c20-16(17-12-5-1-2-6-12)11-19-10-9-14(18-21)13-7-3-4-8-15(13)19/h3-4,7-8,12,21H,1-2,5-6,9-11H2,(H,17,20). The number of nitrogens with one attached hydrogen (secondary N) is 1. The highest BCUT2D eigenvalue weighted by atomic mass is 16.4. The van der Waals surface area contributed by atoms with Crippen molar-refractivity contribution in [1.82, 2.24) is 5.32 Å². The van der Waals surface area contributed by atoms with Gasteiger partial charge in [0, 0.05) is 30.3 Å². The molecule has 1 aromatic carbocycles. The van der Waals surface area contributed by atoms with E-state index in [0.717, 1.165) is 24.1 Å². The van der Waals surface area contributed by atoms with E-state index in [1.165, 1.54) is 12.8 Å². The zero-order valence-electron chi connectivity index (χ0n) is 12.1. The number of carbonyl (C=O) groups excluding carboxylic acids is 1. The van der Waals surface area contributed by atoms with Gasteiger partial charge < -0.3 is 15.4 Å². The molecule has 1 fully saturated rings. The molecule has 0 spiro atoms.